The molecule has 0 unspecified atom stereocenters. The van der Waals surface area contributed by atoms with Gasteiger partial charge in [0.2, 0.25) is 0 Å². The molecular weight excluding hydrogens is 358 g/mol. The van der Waals surface area contributed by atoms with Crippen LogP contribution in [0, 0.1) is 6.92 Å². The molecule has 0 aliphatic heterocycles. The molecule has 0 N–H and O–H groups in total. The van der Waals surface area contributed by atoms with Crippen LogP contribution in [0.15, 0.2) is 102 Å². The van der Waals surface area contributed by atoms with E-state index in [1.54, 1.807) is 12.1 Å². The second-order valence-corrected chi connectivity index (χ2v) is 7.13. The number of benzene rings is 3. The molecule has 3 aromatic carbocycles. The fourth-order valence-electron chi connectivity index (χ4n) is 3.45. The Bertz CT molecular complexity index is 1080. The van der Waals surface area contributed by atoms with E-state index in [-0.39, 0.29) is 5.91 Å². The van der Waals surface area contributed by atoms with Crippen LogP contribution in [0.4, 0.5) is 0 Å². The van der Waals surface area contributed by atoms with Gasteiger partial charge < -0.3 is 9.32 Å². The van der Waals surface area contributed by atoms with E-state index in [1.165, 1.54) is 11.8 Å². The maximum atomic E-state index is 13.1. The van der Waals surface area contributed by atoms with E-state index in [0.29, 0.717) is 18.8 Å². The van der Waals surface area contributed by atoms with E-state index >= 15 is 0 Å². The molecule has 3 heteroatoms. The molecule has 4 rings (SSSR count). The van der Waals surface area contributed by atoms with E-state index in [9.17, 15) is 4.79 Å². The van der Waals surface area contributed by atoms with Gasteiger partial charge in [-0.05, 0) is 52.9 Å². The summed E-state index contributed by atoms with van der Waals surface area (Å²) in [5, 5.41) is 0. The minimum atomic E-state index is -0.108. The van der Waals surface area contributed by atoms with E-state index in [4.69, 9.17) is 4.42 Å². The Hall–Kier alpha value is -3.59. The first-order valence-corrected chi connectivity index (χ1v) is 9.72. The number of hydrogen-bond acceptors (Lipinski definition) is 2. The van der Waals surface area contributed by atoms with Gasteiger partial charge in [0.25, 0.3) is 5.91 Å². The summed E-state index contributed by atoms with van der Waals surface area (Å²) in [5.74, 6) is 0.251. The van der Waals surface area contributed by atoms with Crippen molar-refractivity contribution < 1.29 is 9.21 Å². The maximum Gasteiger partial charge on any atom is 0.290 e. The van der Waals surface area contributed by atoms with Crippen molar-refractivity contribution in [2.75, 3.05) is 0 Å². The summed E-state index contributed by atoms with van der Waals surface area (Å²) in [6, 6.07) is 30.2. The van der Waals surface area contributed by atoms with Crippen molar-refractivity contribution in [3.8, 4) is 11.1 Å². The first-order valence-electron chi connectivity index (χ1n) is 9.72. The first-order chi connectivity index (χ1) is 14.2. The third kappa shape index (κ3) is 4.46. The molecule has 3 nitrogen and oxygen atoms in total. The van der Waals surface area contributed by atoms with Gasteiger partial charge in [0.15, 0.2) is 5.76 Å². The molecule has 144 valence electrons. The lowest BCUT2D eigenvalue weighted by Crippen LogP contribution is -2.30. The molecule has 0 bridgehead atoms. The highest BCUT2D eigenvalue weighted by atomic mass is 16.3. The number of amides is 1. The van der Waals surface area contributed by atoms with Gasteiger partial charge >= 0.3 is 0 Å². The van der Waals surface area contributed by atoms with Crippen LogP contribution in [-0.4, -0.2) is 10.8 Å². The highest BCUT2D eigenvalue weighted by Gasteiger charge is 2.20. The molecule has 0 aliphatic carbocycles. The minimum Gasteiger partial charge on any atom is -0.459 e. The van der Waals surface area contributed by atoms with Gasteiger partial charge in [-0.15, -0.1) is 0 Å². The fraction of sp³-hybridized carbons (Fsp3) is 0.115. The summed E-state index contributed by atoms with van der Waals surface area (Å²) in [4.78, 5) is 15.0. The zero-order valence-electron chi connectivity index (χ0n) is 16.4. The Labute approximate surface area is 171 Å². The van der Waals surface area contributed by atoms with Crippen LogP contribution >= 0.6 is 0 Å². The van der Waals surface area contributed by atoms with Crippen LogP contribution in [0.2, 0.25) is 0 Å². The number of rotatable bonds is 6. The van der Waals surface area contributed by atoms with Gasteiger partial charge in [-0.3, -0.25) is 4.79 Å². The summed E-state index contributed by atoms with van der Waals surface area (Å²) in [5.41, 5.74) is 5.69. The third-order valence-corrected chi connectivity index (χ3v) is 5.05. The number of carbonyl (C=O) groups excluding carboxylic acids is 1. The van der Waals surface area contributed by atoms with Gasteiger partial charge in [-0.2, -0.15) is 0 Å². The van der Waals surface area contributed by atoms with Crippen molar-refractivity contribution >= 4 is 5.91 Å². The number of aryl methyl sites for hydroxylation is 1. The first kappa shape index (κ1) is 18.8. The van der Waals surface area contributed by atoms with Gasteiger partial charge in [-0.25, -0.2) is 0 Å². The summed E-state index contributed by atoms with van der Waals surface area (Å²) in [6.45, 7) is 3.11. The zero-order valence-corrected chi connectivity index (χ0v) is 16.4. The van der Waals surface area contributed by atoms with Crippen LogP contribution < -0.4 is 0 Å². The molecule has 29 heavy (non-hydrogen) atoms. The summed E-state index contributed by atoms with van der Waals surface area (Å²) >= 11 is 0. The predicted molar refractivity (Wildman–Crippen MR) is 115 cm³/mol. The smallest absolute Gasteiger partial charge is 0.290 e. The molecule has 0 saturated carbocycles. The molecule has 1 heterocycles. The van der Waals surface area contributed by atoms with Crippen LogP contribution in [0.5, 0.6) is 0 Å². The summed E-state index contributed by atoms with van der Waals surface area (Å²) in [7, 11) is 0. The Morgan fingerprint density at radius 3 is 2.31 bits per heavy atom. The Morgan fingerprint density at radius 1 is 0.793 bits per heavy atom. The van der Waals surface area contributed by atoms with Gasteiger partial charge in [0, 0.05) is 13.1 Å². The Morgan fingerprint density at radius 2 is 1.55 bits per heavy atom. The minimum absolute atomic E-state index is 0.108. The van der Waals surface area contributed by atoms with E-state index in [2.05, 4.69) is 49.4 Å². The van der Waals surface area contributed by atoms with E-state index < -0.39 is 0 Å². The van der Waals surface area contributed by atoms with Gasteiger partial charge in [0.1, 0.15) is 0 Å². The Kier molecular flexibility index (Phi) is 5.57. The van der Waals surface area contributed by atoms with E-state index in [1.807, 2.05) is 41.3 Å². The number of carbonyl (C=O) groups is 1. The average Bonchev–Trinajstić information content (AvgIpc) is 3.30. The molecule has 1 aromatic heterocycles. The lowest BCUT2D eigenvalue weighted by atomic mass is 10.0. The van der Waals surface area contributed by atoms with Crippen LogP contribution in [0.25, 0.3) is 11.1 Å². The molecule has 1 amide bonds. The molecular formula is C26H23NO2. The molecule has 0 fully saturated rings. The highest BCUT2D eigenvalue weighted by molar-refractivity contribution is 5.91. The van der Waals surface area contributed by atoms with E-state index in [0.717, 1.165) is 22.3 Å². The van der Waals surface area contributed by atoms with Crippen molar-refractivity contribution in [2.45, 2.75) is 20.0 Å². The molecule has 0 saturated heterocycles. The summed E-state index contributed by atoms with van der Waals surface area (Å²) < 4.78 is 5.38. The van der Waals surface area contributed by atoms with Crippen molar-refractivity contribution in [2.24, 2.45) is 0 Å². The van der Waals surface area contributed by atoms with Crippen LogP contribution in [-0.2, 0) is 13.1 Å². The van der Waals surface area contributed by atoms with Crippen LogP contribution in [0.1, 0.15) is 27.2 Å². The Balaban J connectivity index is 1.63. The normalized spacial score (nSPS) is 10.7. The monoisotopic (exact) mass is 381 g/mol. The third-order valence-electron chi connectivity index (χ3n) is 5.05. The SMILES string of the molecule is Cc1ccccc1CN(Cc1cccc(-c2ccccc2)c1)C(=O)c1ccco1. The van der Waals surface area contributed by atoms with Crippen molar-refractivity contribution in [3.63, 3.8) is 0 Å². The molecule has 0 spiro atoms. The average molecular weight is 381 g/mol. The predicted octanol–water partition coefficient (Wildman–Crippen LogP) is 6.10. The fourth-order valence-corrected chi connectivity index (χ4v) is 3.45. The van der Waals surface area contributed by atoms with Crippen molar-refractivity contribution in [1.29, 1.82) is 0 Å². The zero-order chi connectivity index (χ0) is 20.1. The molecule has 0 aliphatic rings. The second kappa shape index (κ2) is 8.61. The number of hydrogen-bond donors (Lipinski definition) is 0. The van der Waals surface area contributed by atoms with Crippen molar-refractivity contribution in [3.05, 3.63) is 120 Å². The lowest BCUT2D eigenvalue weighted by molar-refractivity contribution is 0.0697. The molecule has 0 atom stereocenters. The van der Waals surface area contributed by atoms with Gasteiger partial charge in [-0.1, -0.05) is 72.8 Å². The van der Waals surface area contributed by atoms with Crippen molar-refractivity contribution in [1.82, 2.24) is 4.90 Å². The molecule has 0 radical (unpaired) electrons. The quantitative estimate of drug-likeness (QED) is 0.404. The number of furan rings is 1. The standard InChI is InChI=1S/C26H23NO2/c1-20-9-5-6-13-24(20)19-27(26(28)25-15-8-16-29-25)18-21-10-7-14-23(17-21)22-11-3-2-4-12-22/h2-17H,18-19H2,1H3. The number of nitrogens with zero attached hydrogens (tertiary/aromatic N) is 1. The largest absolute Gasteiger partial charge is 0.459 e. The topological polar surface area (TPSA) is 33.5 Å². The summed E-state index contributed by atoms with van der Waals surface area (Å²) in [6.07, 6.45) is 1.54. The molecule has 4 aromatic rings. The van der Waals surface area contributed by atoms with Gasteiger partial charge in [0.05, 0.1) is 6.26 Å². The lowest BCUT2D eigenvalue weighted by Gasteiger charge is -2.23. The van der Waals surface area contributed by atoms with Crippen LogP contribution in [0.3, 0.4) is 0 Å². The second-order valence-electron chi connectivity index (χ2n) is 7.13. The highest BCUT2D eigenvalue weighted by Crippen LogP contribution is 2.22. The maximum absolute atomic E-state index is 13.1.